The van der Waals surface area contributed by atoms with Gasteiger partial charge in [0.05, 0.1) is 6.42 Å². The summed E-state index contributed by atoms with van der Waals surface area (Å²) in [5, 5.41) is 2.73. The lowest BCUT2D eigenvalue weighted by molar-refractivity contribution is -0.120. The van der Waals surface area contributed by atoms with Gasteiger partial charge in [-0.2, -0.15) is 0 Å². The molecule has 1 N–H and O–H groups in total. The second kappa shape index (κ2) is 7.18. The fraction of sp³-hybridized carbons (Fsp3) is 0.188. The number of halogens is 3. The summed E-state index contributed by atoms with van der Waals surface area (Å²) in [5.74, 6) is -1.71. The van der Waals surface area contributed by atoms with Gasteiger partial charge in [-0.05, 0) is 28.8 Å². The lowest BCUT2D eigenvalue weighted by Crippen LogP contribution is -2.24. The van der Waals surface area contributed by atoms with Crippen molar-refractivity contribution in [2.24, 2.45) is 0 Å². The van der Waals surface area contributed by atoms with E-state index in [4.69, 9.17) is 11.6 Å². The van der Waals surface area contributed by atoms with E-state index in [1.165, 1.54) is 6.07 Å². The van der Waals surface area contributed by atoms with Gasteiger partial charge in [-0.15, -0.1) is 11.6 Å². The van der Waals surface area contributed by atoms with Gasteiger partial charge in [-0.1, -0.05) is 30.3 Å². The normalized spacial score (nSPS) is 10.4. The van der Waals surface area contributed by atoms with Crippen LogP contribution in [0.15, 0.2) is 42.5 Å². The molecule has 5 heteroatoms. The van der Waals surface area contributed by atoms with Crippen LogP contribution in [0.5, 0.6) is 0 Å². The van der Waals surface area contributed by atoms with Crippen molar-refractivity contribution in [3.63, 3.8) is 0 Å². The van der Waals surface area contributed by atoms with Crippen LogP contribution < -0.4 is 5.32 Å². The summed E-state index contributed by atoms with van der Waals surface area (Å²) in [4.78, 5) is 11.8. The van der Waals surface area contributed by atoms with E-state index >= 15 is 0 Å². The van der Waals surface area contributed by atoms with E-state index in [0.29, 0.717) is 18.0 Å². The van der Waals surface area contributed by atoms with Gasteiger partial charge in [0.1, 0.15) is 0 Å². The van der Waals surface area contributed by atoms with Crippen LogP contribution in [0, 0.1) is 11.6 Å². The van der Waals surface area contributed by atoms with E-state index in [1.807, 2.05) is 24.3 Å². The zero-order valence-electron chi connectivity index (χ0n) is 11.2. The molecule has 0 saturated carbocycles. The van der Waals surface area contributed by atoms with Gasteiger partial charge in [0.2, 0.25) is 5.91 Å². The molecule has 2 aromatic rings. The van der Waals surface area contributed by atoms with Crippen LogP contribution >= 0.6 is 11.6 Å². The molecule has 0 heterocycles. The lowest BCUT2D eigenvalue weighted by Gasteiger charge is -2.07. The second-order valence-corrected chi connectivity index (χ2v) is 4.92. The van der Waals surface area contributed by atoms with Crippen molar-refractivity contribution in [3.05, 3.63) is 70.8 Å². The number of hydrogen-bond donors (Lipinski definition) is 1. The Bertz CT molecular complexity index is 646. The number of carbonyl (C=O) groups excluding carboxylic acids is 1. The third-order valence-electron chi connectivity index (χ3n) is 2.98. The molecule has 0 aliphatic heterocycles. The Hall–Kier alpha value is -1.94. The Morgan fingerprint density at radius 3 is 2.48 bits per heavy atom. The molecule has 0 atom stereocenters. The highest BCUT2D eigenvalue weighted by atomic mass is 35.5. The first kappa shape index (κ1) is 15.4. The van der Waals surface area contributed by atoms with E-state index in [-0.39, 0.29) is 12.3 Å². The highest BCUT2D eigenvalue weighted by molar-refractivity contribution is 6.17. The third-order valence-corrected chi connectivity index (χ3v) is 3.29. The molecular weight excluding hydrogens is 296 g/mol. The first-order valence-corrected chi connectivity index (χ1v) is 6.96. The highest BCUT2D eigenvalue weighted by Gasteiger charge is 2.07. The van der Waals surface area contributed by atoms with Crippen molar-refractivity contribution in [1.29, 1.82) is 0 Å². The van der Waals surface area contributed by atoms with E-state index in [9.17, 15) is 13.6 Å². The molecule has 1 amide bonds. The summed E-state index contributed by atoms with van der Waals surface area (Å²) >= 11 is 5.74. The van der Waals surface area contributed by atoms with Gasteiger partial charge in [-0.25, -0.2) is 8.78 Å². The average Bonchev–Trinajstić information content (AvgIpc) is 2.49. The van der Waals surface area contributed by atoms with Crippen molar-refractivity contribution in [2.75, 3.05) is 0 Å². The second-order valence-electron chi connectivity index (χ2n) is 4.66. The highest BCUT2D eigenvalue weighted by Crippen LogP contribution is 2.10. The molecule has 110 valence electrons. The number of rotatable bonds is 5. The van der Waals surface area contributed by atoms with E-state index < -0.39 is 11.6 Å². The van der Waals surface area contributed by atoms with Gasteiger partial charge in [0.25, 0.3) is 0 Å². The summed E-state index contributed by atoms with van der Waals surface area (Å²) in [5.41, 5.74) is 2.34. The van der Waals surface area contributed by atoms with Gasteiger partial charge < -0.3 is 5.32 Å². The Morgan fingerprint density at radius 2 is 1.76 bits per heavy atom. The van der Waals surface area contributed by atoms with Crippen molar-refractivity contribution < 1.29 is 13.6 Å². The Balaban J connectivity index is 1.91. The van der Waals surface area contributed by atoms with Crippen LogP contribution in [0.3, 0.4) is 0 Å². The fourth-order valence-electron chi connectivity index (χ4n) is 1.92. The number of alkyl halides is 1. The molecule has 2 aromatic carbocycles. The van der Waals surface area contributed by atoms with Crippen LogP contribution in [-0.2, 0) is 23.6 Å². The van der Waals surface area contributed by atoms with E-state index in [2.05, 4.69) is 5.32 Å². The summed E-state index contributed by atoms with van der Waals surface area (Å²) in [6.07, 6.45) is 0.00635. The molecule has 0 aliphatic rings. The topological polar surface area (TPSA) is 29.1 Å². The third kappa shape index (κ3) is 4.53. The molecule has 21 heavy (non-hydrogen) atoms. The molecule has 2 rings (SSSR count). The number of benzene rings is 2. The van der Waals surface area contributed by atoms with Gasteiger partial charge in [0, 0.05) is 12.4 Å². The molecular formula is C16H14ClF2NO. The minimum Gasteiger partial charge on any atom is -0.352 e. The molecule has 0 fully saturated rings. The van der Waals surface area contributed by atoms with Crippen LogP contribution in [-0.4, -0.2) is 5.91 Å². The SMILES string of the molecule is O=C(Cc1ccc(F)c(F)c1)NCc1cccc(CCl)c1. The van der Waals surface area contributed by atoms with Crippen molar-refractivity contribution >= 4 is 17.5 Å². The Kier molecular flexibility index (Phi) is 5.28. The number of hydrogen-bond acceptors (Lipinski definition) is 1. The van der Waals surface area contributed by atoms with Crippen LogP contribution in [0.2, 0.25) is 0 Å². The molecule has 0 bridgehead atoms. The van der Waals surface area contributed by atoms with Crippen LogP contribution in [0.1, 0.15) is 16.7 Å². The summed E-state index contributed by atoms with van der Waals surface area (Å²) in [6.45, 7) is 0.368. The predicted octanol–water partition coefficient (Wildman–Crippen LogP) is 3.56. The Morgan fingerprint density at radius 1 is 1.00 bits per heavy atom. The monoisotopic (exact) mass is 309 g/mol. The fourth-order valence-corrected chi connectivity index (χ4v) is 2.09. The zero-order valence-corrected chi connectivity index (χ0v) is 12.0. The number of carbonyl (C=O) groups is 1. The minimum atomic E-state index is -0.949. The van der Waals surface area contributed by atoms with E-state index in [1.54, 1.807) is 0 Å². The smallest absolute Gasteiger partial charge is 0.224 e. The molecule has 2 nitrogen and oxygen atoms in total. The van der Waals surface area contributed by atoms with Crippen molar-refractivity contribution in [3.8, 4) is 0 Å². The lowest BCUT2D eigenvalue weighted by atomic mass is 10.1. The zero-order chi connectivity index (χ0) is 15.2. The Labute approximate surface area is 126 Å². The van der Waals surface area contributed by atoms with Gasteiger partial charge in [0.15, 0.2) is 11.6 Å². The average molecular weight is 310 g/mol. The van der Waals surface area contributed by atoms with Crippen LogP contribution in [0.25, 0.3) is 0 Å². The number of nitrogens with one attached hydrogen (secondary N) is 1. The maximum Gasteiger partial charge on any atom is 0.224 e. The molecule has 0 spiro atoms. The molecule has 0 unspecified atom stereocenters. The van der Waals surface area contributed by atoms with Crippen molar-refractivity contribution in [2.45, 2.75) is 18.8 Å². The molecule has 0 saturated heterocycles. The summed E-state index contributed by atoms with van der Waals surface area (Å²) in [7, 11) is 0. The van der Waals surface area contributed by atoms with Gasteiger partial charge in [-0.3, -0.25) is 4.79 Å². The van der Waals surface area contributed by atoms with Crippen molar-refractivity contribution in [1.82, 2.24) is 5.32 Å². The molecule has 0 aromatic heterocycles. The van der Waals surface area contributed by atoms with E-state index in [0.717, 1.165) is 23.3 Å². The number of amides is 1. The molecule has 0 aliphatic carbocycles. The summed E-state index contributed by atoms with van der Waals surface area (Å²) in [6, 6.07) is 11.0. The standard InChI is InChI=1S/C16H14ClF2NO/c17-9-12-2-1-3-13(6-12)10-20-16(21)8-11-4-5-14(18)15(19)7-11/h1-7H,8-10H2,(H,20,21). The maximum absolute atomic E-state index is 13.0. The molecule has 0 radical (unpaired) electrons. The summed E-state index contributed by atoms with van der Waals surface area (Å²) < 4.78 is 25.8. The first-order valence-electron chi connectivity index (χ1n) is 6.43. The predicted molar refractivity (Wildman–Crippen MR) is 77.9 cm³/mol. The maximum atomic E-state index is 13.0. The first-order chi connectivity index (χ1) is 10.1. The van der Waals surface area contributed by atoms with Crippen LogP contribution in [0.4, 0.5) is 8.78 Å². The van der Waals surface area contributed by atoms with Gasteiger partial charge >= 0.3 is 0 Å². The minimum absolute atomic E-state index is 0.00635. The quantitative estimate of drug-likeness (QED) is 0.841. The largest absolute Gasteiger partial charge is 0.352 e.